The smallest absolute Gasteiger partial charge is 0.138 e. The van der Waals surface area contributed by atoms with Crippen molar-refractivity contribution in [1.82, 2.24) is 0 Å². The van der Waals surface area contributed by atoms with Crippen LogP contribution in [0.2, 0.25) is 0 Å². The number of rotatable bonds is 6. The van der Waals surface area contributed by atoms with Crippen LogP contribution in [0.3, 0.4) is 0 Å². The summed E-state index contributed by atoms with van der Waals surface area (Å²) in [6.45, 7) is 4.40. The van der Waals surface area contributed by atoms with E-state index in [9.17, 15) is 4.79 Å². The summed E-state index contributed by atoms with van der Waals surface area (Å²) < 4.78 is 0. The zero-order chi connectivity index (χ0) is 10.4. The topological polar surface area (TPSA) is 17.1 Å². The molecule has 14 heavy (non-hydrogen) atoms. The molecule has 0 radical (unpaired) electrons. The van der Waals surface area contributed by atoms with Gasteiger partial charge >= 0.3 is 0 Å². The van der Waals surface area contributed by atoms with Crippen LogP contribution < -0.4 is 0 Å². The SMILES string of the molecule is CC(C)CCCC(=O)Cc1cccs1. The summed E-state index contributed by atoms with van der Waals surface area (Å²) in [5.74, 6) is 1.10. The van der Waals surface area contributed by atoms with Gasteiger partial charge in [0.25, 0.3) is 0 Å². The quantitative estimate of drug-likeness (QED) is 0.700. The van der Waals surface area contributed by atoms with Crippen LogP contribution in [0, 0.1) is 5.92 Å². The van der Waals surface area contributed by atoms with Gasteiger partial charge in [0.1, 0.15) is 5.78 Å². The van der Waals surface area contributed by atoms with Crippen LogP contribution in [0.4, 0.5) is 0 Å². The number of ketones is 1. The predicted molar refractivity (Wildman–Crippen MR) is 61.7 cm³/mol. The van der Waals surface area contributed by atoms with Gasteiger partial charge in [0, 0.05) is 17.7 Å². The minimum absolute atomic E-state index is 0.383. The van der Waals surface area contributed by atoms with Crippen molar-refractivity contribution in [3.8, 4) is 0 Å². The van der Waals surface area contributed by atoms with Gasteiger partial charge < -0.3 is 0 Å². The Labute approximate surface area is 90.2 Å². The molecular formula is C12H18OS. The lowest BCUT2D eigenvalue weighted by atomic mass is 10.0. The van der Waals surface area contributed by atoms with Crippen molar-refractivity contribution in [2.24, 2.45) is 5.92 Å². The largest absolute Gasteiger partial charge is 0.299 e. The van der Waals surface area contributed by atoms with E-state index in [1.165, 1.54) is 4.88 Å². The molecule has 0 saturated carbocycles. The summed E-state index contributed by atoms with van der Waals surface area (Å²) in [4.78, 5) is 12.7. The second kappa shape index (κ2) is 5.97. The highest BCUT2D eigenvalue weighted by Crippen LogP contribution is 2.12. The van der Waals surface area contributed by atoms with Gasteiger partial charge in [-0.05, 0) is 23.8 Å². The standard InChI is InChI=1S/C12H18OS/c1-10(2)5-3-6-11(13)9-12-7-4-8-14-12/h4,7-8,10H,3,5-6,9H2,1-2H3. The maximum atomic E-state index is 11.5. The Morgan fingerprint density at radius 2 is 2.29 bits per heavy atom. The zero-order valence-electron chi connectivity index (χ0n) is 8.95. The number of thiophene rings is 1. The summed E-state index contributed by atoms with van der Waals surface area (Å²) >= 11 is 1.67. The average Bonchev–Trinajstić information content (AvgIpc) is 2.56. The van der Waals surface area contributed by atoms with E-state index in [4.69, 9.17) is 0 Å². The van der Waals surface area contributed by atoms with E-state index in [1.807, 2.05) is 17.5 Å². The Hall–Kier alpha value is -0.630. The number of hydrogen-bond acceptors (Lipinski definition) is 2. The van der Waals surface area contributed by atoms with E-state index in [2.05, 4.69) is 13.8 Å². The van der Waals surface area contributed by atoms with Gasteiger partial charge in [-0.25, -0.2) is 0 Å². The Bertz CT molecular complexity index is 262. The lowest BCUT2D eigenvalue weighted by molar-refractivity contribution is -0.118. The van der Waals surface area contributed by atoms with Crippen molar-refractivity contribution in [3.63, 3.8) is 0 Å². The Balaban J connectivity index is 2.17. The van der Waals surface area contributed by atoms with Crippen LogP contribution in [0.1, 0.15) is 38.0 Å². The minimum Gasteiger partial charge on any atom is -0.299 e. The molecule has 1 heterocycles. The van der Waals surface area contributed by atoms with Gasteiger partial charge in [0.2, 0.25) is 0 Å². The molecule has 0 unspecified atom stereocenters. The van der Waals surface area contributed by atoms with E-state index in [0.717, 1.165) is 19.3 Å². The second-order valence-corrected chi connectivity index (χ2v) is 5.11. The van der Waals surface area contributed by atoms with Gasteiger partial charge in [-0.1, -0.05) is 26.3 Å². The first-order valence-electron chi connectivity index (χ1n) is 5.22. The van der Waals surface area contributed by atoms with E-state index >= 15 is 0 Å². The summed E-state index contributed by atoms with van der Waals surface area (Å²) in [5.41, 5.74) is 0. The first-order valence-corrected chi connectivity index (χ1v) is 6.10. The van der Waals surface area contributed by atoms with Crippen LogP contribution in [-0.2, 0) is 11.2 Å². The Kier molecular flexibility index (Phi) is 4.88. The Morgan fingerprint density at radius 3 is 2.86 bits per heavy atom. The molecule has 1 nitrogen and oxygen atoms in total. The third-order valence-electron chi connectivity index (χ3n) is 2.19. The molecule has 1 aromatic heterocycles. The lowest BCUT2D eigenvalue weighted by Gasteiger charge is -2.02. The van der Waals surface area contributed by atoms with Gasteiger partial charge in [-0.15, -0.1) is 11.3 Å². The molecular weight excluding hydrogens is 192 g/mol. The number of Topliss-reactive ketones (excluding diaryl/α,β-unsaturated/α-hetero) is 1. The highest BCUT2D eigenvalue weighted by atomic mass is 32.1. The maximum Gasteiger partial charge on any atom is 0.138 e. The number of carbonyl (C=O) groups is 1. The normalized spacial score (nSPS) is 10.8. The average molecular weight is 210 g/mol. The van der Waals surface area contributed by atoms with Gasteiger partial charge in [0.05, 0.1) is 0 Å². The molecule has 0 amide bonds. The molecule has 1 aromatic rings. The summed E-state index contributed by atoms with van der Waals surface area (Å²) in [6.07, 6.45) is 3.59. The fraction of sp³-hybridized carbons (Fsp3) is 0.583. The van der Waals surface area contributed by atoms with Crippen LogP contribution in [0.25, 0.3) is 0 Å². The van der Waals surface area contributed by atoms with Gasteiger partial charge in [-0.3, -0.25) is 4.79 Å². The fourth-order valence-electron chi connectivity index (χ4n) is 1.40. The van der Waals surface area contributed by atoms with Crippen molar-refractivity contribution >= 4 is 17.1 Å². The molecule has 0 N–H and O–H groups in total. The predicted octanol–water partition coefficient (Wildman–Crippen LogP) is 3.69. The third-order valence-corrected chi connectivity index (χ3v) is 3.06. The molecule has 0 aliphatic carbocycles. The van der Waals surface area contributed by atoms with Crippen LogP contribution in [0.5, 0.6) is 0 Å². The molecule has 0 atom stereocenters. The zero-order valence-corrected chi connectivity index (χ0v) is 9.77. The lowest BCUT2D eigenvalue weighted by Crippen LogP contribution is -2.01. The first-order chi connectivity index (χ1) is 6.68. The van der Waals surface area contributed by atoms with Gasteiger partial charge in [-0.2, -0.15) is 0 Å². The first kappa shape index (κ1) is 11.4. The van der Waals surface area contributed by atoms with Crippen molar-refractivity contribution < 1.29 is 4.79 Å². The van der Waals surface area contributed by atoms with E-state index in [-0.39, 0.29) is 0 Å². The third kappa shape index (κ3) is 4.56. The van der Waals surface area contributed by atoms with Crippen molar-refractivity contribution in [3.05, 3.63) is 22.4 Å². The molecule has 0 spiro atoms. The maximum absolute atomic E-state index is 11.5. The molecule has 0 bridgehead atoms. The number of hydrogen-bond donors (Lipinski definition) is 0. The second-order valence-electron chi connectivity index (χ2n) is 4.08. The monoisotopic (exact) mass is 210 g/mol. The fourth-order valence-corrected chi connectivity index (χ4v) is 2.14. The number of carbonyl (C=O) groups excluding carboxylic acids is 1. The Morgan fingerprint density at radius 1 is 1.50 bits per heavy atom. The molecule has 0 aliphatic heterocycles. The summed E-state index contributed by atoms with van der Waals surface area (Å²) in [7, 11) is 0. The van der Waals surface area contributed by atoms with Crippen LogP contribution in [-0.4, -0.2) is 5.78 Å². The molecule has 0 aromatic carbocycles. The molecule has 2 heteroatoms. The molecule has 0 aliphatic rings. The summed E-state index contributed by atoms with van der Waals surface area (Å²) in [6, 6.07) is 4.03. The van der Waals surface area contributed by atoms with E-state index in [1.54, 1.807) is 11.3 Å². The van der Waals surface area contributed by atoms with Gasteiger partial charge in [0.15, 0.2) is 0 Å². The minimum atomic E-state index is 0.383. The molecule has 1 rings (SSSR count). The van der Waals surface area contributed by atoms with E-state index < -0.39 is 0 Å². The van der Waals surface area contributed by atoms with Crippen LogP contribution >= 0.6 is 11.3 Å². The molecule has 0 saturated heterocycles. The van der Waals surface area contributed by atoms with E-state index in [0.29, 0.717) is 18.1 Å². The van der Waals surface area contributed by atoms with Crippen LogP contribution in [0.15, 0.2) is 17.5 Å². The van der Waals surface area contributed by atoms with Crippen molar-refractivity contribution in [1.29, 1.82) is 0 Å². The molecule has 78 valence electrons. The highest BCUT2D eigenvalue weighted by Gasteiger charge is 2.04. The molecule has 0 fully saturated rings. The highest BCUT2D eigenvalue weighted by molar-refractivity contribution is 7.10. The summed E-state index contributed by atoms with van der Waals surface area (Å²) in [5, 5.41) is 2.02. The van der Waals surface area contributed by atoms with Crippen molar-refractivity contribution in [2.45, 2.75) is 39.5 Å². The van der Waals surface area contributed by atoms with Crippen molar-refractivity contribution in [2.75, 3.05) is 0 Å².